The third-order valence-electron chi connectivity index (χ3n) is 9.02. The fourth-order valence-corrected chi connectivity index (χ4v) is 7.16. The summed E-state index contributed by atoms with van der Waals surface area (Å²) >= 11 is 0. The summed E-state index contributed by atoms with van der Waals surface area (Å²) in [7, 11) is 0. The number of rotatable bonds is 7. The first-order chi connectivity index (χ1) is 18.0. The molecule has 2 aliphatic heterocycles. The molecular weight excluding hydrogens is 454 g/mol. The minimum Gasteiger partial charge on any atom is -0.349 e. The van der Waals surface area contributed by atoms with E-state index in [2.05, 4.69) is 84.1 Å². The van der Waals surface area contributed by atoms with Crippen molar-refractivity contribution >= 4 is 5.91 Å². The van der Waals surface area contributed by atoms with Gasteiger partial charge in [-0.15, -0.1) is 6.58 Å². The van der Waals surface area contributed by atoms with Crippen molar-refractivity contribution in [3.8, 4) is 0 Å². The van der Waals surface area contributed by atoms with Crippen LogP contribution in [0.25, 0.3) is 0 Å². The highest BCUT2D eigenvalue weighted by atomic mass is 16.1. The molecule has 1 N–H and O–H groups in total. The van der Waals surface area contributed by atoms with E-state index in [-0.39, 0.29) is 11.9 Å². The fraction of sp³-hybridized carbons (Fsp3) is 0.545. The van der Waals surface area contributed by atoms with Crippen molar-refractivity contribution in [2.45, 2.75) is 95.8 Å². The molecule has 1 amide bonds. The normalized spacial score (nSPS) is 24.3. The molecule has 0 spiro atoms. The number of fused-ring (bicyclic) bond motifs is 2. The fourth-order valence-electron chi connectivity index (χ4n) is 7.16. The van der Waals surface area contributed by atoms with Crippen LogP contribution < -0.4 is 5.32 Å². The Bertz CT molecular complexity index is 1090. The molecule has 0 radical (unpaired) electrons. The van der Waals surface area contributed by atoms with E-state index in [9.17, 15) is 4.79 Å². The number of nitrogens with one attached hydrogen (secondary N) is 1. The molecule has 3 unspecified atom stereocenters. The highest BCUT2D eigenvalue weighted by Gasteiger charge is 2.36. The van der Waals surface area contributed by atoms with Crippen LogP contribution in [-0.2, 0) is 0 Å². The number of aryl methyl sites for hydroxylation is 2. The van der Waals surface area contributed by atoms with Crippen LogP contribution in [0.3, 0.4) is 0 Å². The number of benzene rings is 2. The first kappa shape index (κ1) is 26.2. The Balaban J connectivity index is 1.44. The molecule has 2 aromatic carbocycles. The van der Waals surface area contributed by atoms with E-state index in [1.54, 1.807) is 0 Å². The molecule has 3 aliphatic rings. The van der Waals surface area contributed by atoms with Crippen LogP contribution in [0, 0.1) is 13.8 Å². The van der Waals surface area contributed by atoms with Crippen molar-refractivity contribution in [1.29, 1.82) is 0 Å². The highest BCUT2D eigenvalue weighted by Crippen LogP contribution is 2.36. The van der Waals surface area contributed by atoms with Crippen molar-refractivity contribution in [2.75, 3.05) is 19.6 Å². The number of amides is 1. The van der Waals surface area contributed by atoms with Crippen LogP contribution in [-0.4, -0.2) is 53.5 Å². The zero-order chi connectivity index (χ0) is 25.8. The minimum atomic E-state index is 0.0895. The second-order valence-corrected chi connectivity index (χ2v) is 11.7. The molecule has 3 atom stereocenters. The molecule has 4 nitrogen and oxygen atoms in total. The van der Waals surface area contributed by atoms with Gasteiger partial charge in [0.2, 0.25) is 0 Å². The quantitative estimate of drug-likeness (QED) is 0.438. The Labute approximate surface area is 224 Å². The monoisotopic (exact) mass is 499 g/mol. The van der Waals surface area contributed by atoms with E-state index in [0.29, 0.717) is 18.1 Å². The van der Waals surface area contributed by atoms with Gasteiger partial charge in [-0.3, -0.25) is 14.6 Å². The Morgan fingerprint density at radius 1 is 0.973 bits per heavy atom. The van der Waals surface area contributed by atoms with Crippen molar-refractivity contribution in [3.63, 3.8) is 0 Å². The Morgan fingerprint density at radius 3 is 2.51 bits per heavy atom. The molecule has 0 aromatic heterocycles. The maximum Gasteiger partial charge on any atom is 0.251 e. The van der Waals surface area contributed by atoms with Gasteiger partial charge >= 0.3 is 0 Å². The first-order valence-corrected chi connectivity index (χ1v) is 14.6. The molecule has 3 fully saturated rings. The van der Waals surface area contributed by atoms with Gasteiger partial charge < -0.3 is 5.32 Å². The first-order valence-electron chi connectivity index (χ1n) is 14.6. The number of hydrogen-bond donors (Lipinski definition) is 1. The van der Waals surface area contributed by atoms with Crippen LogP contribution >= 0.6 is 0 Å². The predicted molar refractivity (Wildman–Crippen MR) is 153 cm³/mol. The summed E-state index contributed by atoms with van der Waals surface area (Å²) in [6.07, 6.45) is 13.1. The zero-order valence-corrected chi connectivity index (χ0v) is 22.9. The Kier molecular flexibility index (Phi) is 8.46. The van der Waals surface area contributed by atoms with Crippen molar-refractivity contribution in [2.24, 2.45) is 0 Å². The van der Waals surface area contributed by atoms with E-state index in [0.717, 1.165) is 43.6 Å². The highest BCUT2D eigenvalue weighted by molar-refractivity contribution is 5.95. The number of carbonyl (C=O) groups is 1. The van der Waals surface area contributed by atoms with Crippen molar-refractivity contribution in [3.05, 3.63) is 82.9 Å². The maximum absolute atomic E-state index is 13.2. The average Bonchev–Trinajstić information content (AvgIpc) is 2.97. The molecule has 1 aliphatic carbocycles. The van der Waals surface area contributed by atoms with Gasteiger partial charge in [0.15, 0.2) is 0 Å². The maximum atomic E-state index is 13.2. The SMILES string of the molecule is C=CCN1C2CCCC1CN(C(c1cccc(C)c1)c1ccc(C(=O)NC3CCCCC3)c(C)c1)CC2. The summed E-state index contributed by atoms with van der Waals surface area (Å²) < 4.78 is 0. The van der Waals surface area contributed by atoms with E-state index in [1.807, 2.05) is 0 Å². The summed E-state index contributed by atoms with van der Waals surface area (Å²) in [4.78, 5) is 18.6. The second-order valence-electron chi connectivity index (χ2n) is 11.7. The van der Waals surface area contributed by atoms with Gasteiger partial charge in [0, 0.05) is 43.3 Å². The van der Waals surface area contributed by atoms with Gasteiger partial charge in [0.05, 0.1) is 6.04 Å². The van der Waals surface area contributed by atoms with Gasteiger partial charge in [0.25, 0.3) is 5.91 Å². The summed E-state index contributed by atoms with van der Waals surface area (Å²) in [6, 6.07) is 17.3. The second kappa shape index (κ2) is 12.0. The van der Waals surface area contributed by atoms with Crippen molar-refractivity contribution < 1.29 is 4.79 Å². The minimum absolute atomic E-state index is 0.0895. The molecule has 2 saturated heterocycles. The number of hydrogen-bond acceptors (Lipinski definition) is 3. The molecule has 2 aromatic rings. The van der Waals surface area contributed by atoms with Crippen LogP contribution in [0.2, 0.25) is 0 Å². The van der Waals surface area contributed by atoms with Crippen LogP contribution in [0.4, 0.5) is 0 Å². The van der Waals surface area contributed by atoms with Crippen LogP contribution in [0.15, 0.2) is 55.1 Å². The van der Waals surface area contributed by atoms with E-state index in [4.69, 9.17) is 0 Å². The smallest absolute Gasteiger partial charge is 0.251 e. The number of carbonyl (C=O) groups excluding carboxylic acids is 1. The molecule has 1 saturated carbocycles. The number of nitrogens with zero attached hydrogens (tertiary/aromatic N) is 2. The zero-order valence-electron chi connectivity index (χ0n) is 22.9. The van der Waals surface area contributed by atoms with Gasteiger partial charge in [-0.25, -0.2) is 0 Å². The lowest BCUT2D eigenvalue weighted by Gasteiger charge is -2.41. The third-order valence-corrected chi connectivity index (χ3v) is 9.02. The summed E-state index contributed by atoms with van der Waals surface area (Å²) in [6.45, 7) is 11.5. The lowest BCUT2D eigenvalue weighted by Crippen LogP contribution is -2.48. The Hall–Kier alpha value is -2.43. The number of piperidine rings is 1. The molecule has 2 heterocycles. The van der Waals surface area contributed by atoms with E-state index < -0.39 is 0 Å². The van der Waals surface area contributed by atoms with Crippen LogP contribution in [0.5, 0.6) is 0 Å². The van der Waals surface area contributed by atoms with Gasteiger partial charge in [0.1, 0.15) is 0 Å². The van der Waals surface area contributed by atoms with E-state index >= 15 is 0 Å². The lowest BCUT2D eigenvalue weighted by molar-refractivity contribution is 0.0927. The molecule has 5 rings (SSSR count). The van der Waals surface area contributed by atoms with Gasteiger partial charge in [-0.2, -0.15) is 0 Å². The third kappa shape index (κ3) is 6.02. The van der Waals surface area contributed by atoms with Gasteiger partial charge in [-0.05, 0) is 68.7 Å². The average molecular weight is 500 g/mol. The van der Waals surface area contributed by atoms with Crippen LogP contribution in [0.1, 0.15) is 96.4 Å². The lowest BCUT2D eigenvalue weighted by atomic mass is 9.92. The molecule has 37 heavy (non-hydrogen) atoms. The Morgan fingerprint density at radius 2 is 1.76 bits per heavy atom. The molecular formula is C33H45N3O. The molecule has 2 bridgehead atoms. The van der Waals surface area contributed by atoms with Gasteiger partial charge in [-0.1, -0.05) is 73.7 Å². The standard InChI is InChI=1S/C33H45N3O/c1-4-19-36-29-14-9-15-30(36)23-35(20-18-29)32(26-11-8-10-24(2)21-26)27-16-17-31(25(3)22-27)33(37)34-28-12-6-5-7-13-28/h4,8,10-11,16-17,21-22,28-30,32H,1,5-7,9,12-15,18-20,23H2,2-3H3,(H,34,37). The summed E-state index contributed by atoms with van der Waals surface area (Å²) in [5, 5.41) is 3.31. The molecule has 198 valence electrons. The molecule has 4 heteroatoms. The van der Waals surface area contributed by atoms with E-state index in [1.165, 1.54) is 61.6 Å². The van der Waals surface area contributed by atoms with Crippen molar-refractivity contribution in [1.82, 2.24) is 15.1 Å². The largest absolute Gasteiger partial charge is 0.349 e. The summed E-state index contributed by atoms with van der Waals surface area (Å²) in [5.74, 6) is 0.0895. The predicted octanol–water partition coefficient (Wildman–Crippen LogP) is 6.57. The summed E-state index contributed by atoms with van der Waals surface area (Å²) in [5.41, 5.74) is 5.84. The topological polar surface area (TPSA) is 35.6 Å².